The number of hydrogen-bond acceptors (Lipinski definition) is 3. The van der Waals surface area contributed by atoms with E-state index >= 15 is 0 Å². The van der Waals surface area contributed by atoms with Crippen LogP contribution in [-0.2, 0) is 22.9 Å². The van der Waals surface area contributed by atoms with E-state index in [1.165, 1.54) is 17.5 Å². The van der Waals surface area contributed by atoms with Crippen LogP contribution in [0.1, 0.15) is 36.8 Å². The number of benzene rings is 1. The smallest absolute Gasteiger partial charge is 0.232 e. The van der Waals surface area contributed by atoms with E-state index in [4.69, 9.17) is 0 Å². The second kappa shape index (κ2) is 6.36. The molecule has 2 aliphatic rings. The molecule has 4 nitrogen and oxygen atoms in total. The van der Waals surface area contributed by atoms with Crippen molar-refractivity contribution in [2.45, 2.75) is 38.5 Å². The molecule has 1 fully saturated rings. The minimum atomic E-state index is -3.22. The molecule has 3 rings (SSSR count). The van der Waals surface area contributed by atoms with Crippen LogP contribution >= 0.6 is 0 Å². The third-order valence-corrected chi connectivity index (χ3v) is 5.95. The van der Waals surface area contributed by atoms with Gasteiger partial charge in [0.15, 0.2) is 0 Å². The van der Waals surface area contributed by atoms with Crippen LogP contribution in [-0.4, -0.2) is 27.3 Å². The summed E-state index contributed by atoms with van der Waals surface area (Å²) < 4.78 is 27.2. The zero-order valence-electron chi connectivity index (χ0n) is 12.4. The van der Waals surface area contributed by atoms with Crippen molar-refractivity contribution in [3.05, 3.63) is 29.3 Å². The Bertz CT molecular complexity index is 592. The number of anilines is 1. The second-order valence-corrected chi connectivity index (χ2v) is 8.08. The normalized spacial score (nSPS) is 19.4. The van der Waals surface area contributed by atoms with Crippen LogP contribution in [0.15, 0.2) is 18.2 Å². The molecule has 21 heavy (non-hydrogen) atoms. The van der Waals surface area contributed by atoms with E-state index < -0.39 is 10.0 Å². The maximum absolute atomic E-state index is 12.2. The fourth-order valence-corrected chi connectivity index (χ4v) is 4.59. The quantitative estimate of drug-likeness (QED) is 0.877. The standard InChI is InChI=1S/C16H24N2O2S/c19-21(20,11-8-13-6-9-17-10-7-13)18-16-5-4-14-2-1-3-15(14)12-16/h4-5,12-13,17-18H,1-3,6-11H2. The summed E-state index contributed by atoms with van der Waals surface area (Å²) in [6.07, 6.45) is 6.32. The number of fused-ring (bicyclic) bond motifs is 1. The van der Waals surface area contributed by atoms with E-state index in [9.17, 15) is 8.42 Å². The first-order valence-corrected chi connectivity index (χ1v) is 9.61. The molecule has 1 saturated heterocycles. The minimum Gasteiger partial charge on any atom is -0.317 e. The third kappa shape index (κ3) is 3.98. The average Bonchev–Trinajstić information content (AvgIpc) is 2.93. The zero-order valence-corrected chi connectivity index (χ0v) is 13.2. The molecule has 0 saturated carbocycles. The highest BCUT2D eigenvalue weighted by Crippen LogP contribution is 2.25. The lowest BCUT2D eigenvalue weighted by atomic mass is 9.96. The molecular formula is C16H24N2O2S. The van der Waals surface area contributed by atoms with E-state index in [-0.39, 0.29) is 5.75 Å². The molecule has 5 heteroatoms. The van der Waals surface area contributed by atoms with E-state index in [0.717, 1.165) is 50.9 Å². The summed E-state index contributed by atoms with van der Waals surface area (Å²) in [6.45, 7) is 2.03. The number of hydrogen-bond donors (Lipinski definition) is 2. The number of nitrogens with one attached hydrogen (secondary N) is 2. The summed E-state index contributed by atoms with van der Waals surface area (Å²) in [6, 6.07) is 5.96. The fraction of sp³-hybridized carbons (Fsp3) is 0.625. The topological polar surface area (TPSA) is 58.2 Å². The Morgan fingerprint density at radius 1 is 1.14 bits per heavy atom. The van der Waals surface area contributed by atoms with Crippen molar-refractivity contribution in [2.75, 3.05) is 23.6 Å². The van der Waals surface area contributed by atoms with Gasteiger partial charge in [0.05, 0.1) is 5.75 Å². The highest BCUT2D eigenvalue weighted by atomic mass is 32.2. The Labute approximate surface area is 127 Å². The van der Waals surface area contributed by atoms with Crippen LogP contribution in [0, 0.1) is 5.92 Å². The van der Waals surface area contributed by atoms with Gasteiger partial charge >= 0.3 is 0 Å². The molecule has 0 amide bonds. The van der Waals surface area contributed by atoms with Crippen LogP contribution in [0.25, 0.3) is 0 Å². The van der Waals surface area contributed by atoms with Gasteiger partial charge in [0.2, 0.25) is 10.0 Å². The Hall–Kier alpha value is -1.07. The van der Waals surface area contributed by atoms with Gasteiger partial charge in [0.25, 0.3) is 0 Å². The maximum Gasteiger partial charge on any atom is 0.232 e. The molecule has 116 valence electrons. The number of piperidine rings is 1. The number of rotatable bonds is 5. The molecular weight excluding hydrogens is 284 g/mol. The van der Waals surface area contributed by atoms with E-state index in [0.29, 0.717) is 5.92 Å². The van der Waals surface area contributed by atoms with Crippen LogP contribution < -0.4 is 10.0 Å². The van der Waals surface area contributed by atoms with Crippen LogP contribution in [0.2, 0.25) is 0 Å². The first-order valence-electron chi connectivity index (χ1n) is 7.95. The lowest BCUT2D eigenvalue weighted by Crippen LogP contribution is -2.29. The summed E-state index contributed by atoms with van der Waals surface area (Å²) in [5, 5.41) is 3.31. The van der Waals surface area contributed by atoms with Gasteiger partial charge in [-0.1, -0.05) is 6.07 Å². The van der Waals surface area contributed by atoms with Gasteiger partial charge in [-0.25, -0.2) is 8.42 Å². The zero-order chi connectivity index (χ0) is 14.7. The molecule has 0 unspecified atom stereocenters. The van der Waals surface area contributed by atoms with E-state index in [1.54, 1.807) is 0 Å². The molecule has 0 bridgehead atoms. The van der Waals surface area contributed by atoms with Gasteiger partial charge in [0.1, 0.15) is 0 Å². The maximum atomic E-state index is 12.2. The molecule has 1 aromatic carbocycles. The van der Waals surface area contributed by atoms with Crippen molar-refractivity contribution in [3.8, 4) is 0 Å². The Balaban J connectivity index is 1.57. The largest absolute Gasteiger partial charge is 0.317 e. The molecule has 0 atom stereocenters. The summed E-state index contributed by atoms with van der Waals surface area (Å²) in [5.41, 5.74) is 3.39. The van der Waals surface area contributed by atoms with Gasteiger partial charge in [0, 0.05) is 5.69 Å². The third-order valence-electron chi connectivity index (χ3n) is 4.63. The average molecular weight is 308 g/mol. The molecule has 0 radical (unpaired) electrons. The van der Waals surface area contributed by atoms with Crippen LogP contribution in [0.5, 0.6) is 0 Å². The van der Waals surface area contributed by atoms with Gasteiger partial charge in [-0.2, -0.15) is 0 Å². The predicted molar refractivity (Wildman–Crippen MR) is 86.1 cm³/mol. The molecule has 1 heterocycles. The van der Waals surface area contributed by atoms with Gasteiger partial charge in [-0.15, -0.1) is 0 Å². The van der Waals surface area contributed by atoms with Crippen molar-refractivity contribution < 1.29 is 8.42 Å². The Kier molecular flexibility index (Phi) is 4.50. The van der Waals surface area contributed by atoms with Gasteiger partial charge < -0.3 is 5.32 Å². The van der Waals surface area contributed by atoms with Gasteiger partial charge in [-0.05, 0) is 80.8 Å². The fourth-order valence-electron chi connectivity index (χ4n) is 3.36. The van der Waals surface area contributed by atoms with Crippen molar-refractivity contribution in [2.24, 2.45) is 5.92 Å². The molecule has 2 N–H and O–H groups in total. The molecule has 1 aliphatic carbocycles. The second-order valence-electron chi connectivity index (χ2n) is 6.24. The SMILES string of the molecule is O=S(=O)(CCC1CCNCC1)Nc1ccc2c(c1)CCC2. The first kappa shape index (κ1) is 14.9. The molecule has 1 aliphatic heterocycles. The summed E-state index contributed by atoms with van der Waals surface area (Å²) in [4.78, 5) is 0. The highest BCUT2D eigenvalue weighted by Gasteiger charge is 2.18. The first-order chi connectivity index (χ1) is 10.1. The summed E-state index contributed by atoms with van der Waals surface area (Å²) in [5.74, 6) is 0.775. The summed E-state index contributed by atoms with van der Waals surface area (Å²) in [7, 11) is -3.22. The van der Waals surface area contributed by atoms with E-state index in [1.807, 2.05) is 12.1 Å². The summed E-state index contributed by atoms with van der Waals surface area (Å²) >= 11 is 0. The highest BCUT2D eigenvalue weighted by molar-refractivity contribution is 7.92. The molecule has 0 aromatic heterocycles. The van der Waals surface area contributed by atoms with Crippen molar-refractivity contribution in [3.63, 3.8) is 0 Å². The lowest BCUT2D eigenvalue weighted by molar-refractivity contribution is 0.365. The van der Waals surface area contributed by atoms with E-state index in [2.05, 4.69) is 16.1 Å². The van der Waals surface area contributed by atoms with Crippen molar-refractivity contribution in [1.82, 2.24) is 5.32 Å². The number of aryl methyl sites for hydroxylation is 2. The molecule has 0 spiro atoms. The van der Waals surface area contributed by atoms with Gasteiger partial charge in [-0.3, -0.25) is 4.72 Å². The monoisotopic (exact) mass is 308 g/mol. The van der Waals surface area contributed by atoms with Crippen LogP contribution in [0.4, 0.5) is 5.69 Å². The lowest BCUT2D eigenvalue weighted by Gasteiger charge is -2.22. The van der Waals surface area contributed by atoms with Crippen molar-refractivity contribution >= 4 is 15.7 Å². The predicted octanol–water partition coefficient (Wildman–Crippen LogP) is 2.31. The Morgan fingerprint density at radius 2 is 1.90 bits per heavy atom. The number of sulfonamides is 1. The Morgan fingerprint density at radius 3 is 2.71 bits per heavy atom. The van der Waals surface area contributed by atoms with Crippen molar-refractivity contribution in [1.29, 1.82) is 0 Å². The molecule has 1 aromatic rings. The van der Waals surface area contributed by atoms with Crippen LogP contribution in [0.3, 0.4) is 0 Å². The minimum absolute atomic E-state index is 0.231.